The second-order valence-electron chi connectivity index (χ2n) is 4.16. The van der Waals surface area contributed by atoms with Gasteiger partial charge in [0.1, 0.15) is 6.04 Å². The predicted molar refractivity (Wildman–Crippen MR) is 63.6 cm³/mol. The van der Waals surface area contributed by atoms with E-state index in [1.165, 1.54) is 7.11 Å². The van der Waals surface area contributed by atoms with Crippen LogP contribution in [0.4, 0.5) is 0 Å². The lowest BCUT2D eigenvalue weighted by Gasteiger charge is -2.19. The minimum absolute atomic E-state index is 0.0145. The second kappa shape index (κ2) is 7.65. The van der Waals surface area contributed by atoms with Crippen molar-refractivity contribution in [3.05, 3.63) is 0 Å². The first-order valence-corrected chi connectivity index (χ1v) is 5.65. The first-order chi connectivity index (χ1) is 8.29. The molecular weight excluding hydrogens is 240 g/mol. The van der Waals surface area contributed by atoms with E-state index in [9.17, 15) is 14.4 Å². The Balaban J connectivity index is 4.41. The Kier molecular flexibility index (Phi) is 6.96. The molecule has 0 spiro atoms. The van der Waals surface area contributed by atoms with E-state index in [0.717, 1.165) is 0 Å². The van der Waals surface area contributed by atoms with E-state index in [2.05, 4.69) is 10.1 Å². The van der Waals surface area contributed by atoms with Crippen molar-refractivity contribution in [1.29, 1.82) is 0 Å². The van der Waals surface area contributed by atoms with Gasteiger partial charge in [0.25, 0.3) is 0 Å². The fourth-order valence-corrected chi connectivity index (χ4v) is 1.16. The highest BCUT2D eigenvalue weighted by Crippen LogP contribution is 2.04. The Hall–Kier alpha value is -1.63. The molecule has 0 aromatic heterocycles. The molecule has 0 aliphatic heterocycles. The Morgan fingerprint density at radius 2 is 1.89 bits per heavy atom. The van der Waals surface area contributed by atoms with Gasteiger partial charge in [0, 0.05) is 18.4 Å². The van der Waals surface area contributed by atoms with Gasteiger partial charge in [0.2, 0.25) is 5.91 Å². The predicted octanol–water partition coefficient (Wildman–Crippen LogP) is -0.508. The van der Waals surface area contributed by atoms with E-state index < -0.39 is 29.8 Å². The Labute approximate surface area is 106 Å². The minimum atomic E-state index is -1.19. The van der Waals surface area contributed by atoms with Crippen LogP contribution in [0.5, 0.6) is 0 Å². The van der Waals surface area contributed by atoms with Crippen LogP contribution in [0.15, 0.2) is 0 Å². The molecule has 1 amide bonds. The average molecular weight is 260 g/mol. The fourth-order valence-electron chi connectivity index (χ4n) is 1.16. The highest BCUT2D eigenvalue weighted by molar-refractivity contribution is 5.85. The number of nitrogens with two attached hydrogens (primary N) is 1. The van der Waals surface area contributed by atoms with Crippen molar-refractivity contribution in [2.75, 3.05) is 7.11 Å². The lowest BCUT2D eigenvalue weighted by atomic mass is 10.0. The van der Waals surface area contributed by atoms with Crippen molar-refractivity contribution in [3.8, 4) is 0 Å². The summed E-state index contributed by atoms with van der Waals surface area (Å²) in [6, 6.07) is -1.49. The summed E-state index contributed by atoms with van der Waals surface area (Å²) in [5.74, 6) is -2.65. The van der Waals surface area contributed by atoms with Gasteiger partial charge in [-0.25, -0.2) is 4.79 Å². The number of aliphatic carboxylic acids is 1. The third-order valence-electron chi connectivity index (χ3n) is 2.68. The third kappa shape index (κ3) is 5.62. The standard InChI is InChI=1S/C11H20N2O5/c1-6(7(2)12)10(15)13-8(11(16)17)4-5-9(14)18-3/h6-8H,4-5,12H2,1-3H3,(H,13,15)(H,16,17)/t6?,7?,8-/m1/s1. The van der Waals surface area contributed by atoms with Crippen molar-refractivity contribution in [3.63, 3.8) is 0 Å². The topological polar surface area (TPSA) is 119 Å². The molecule has 0 heterocycles. The molecule has 4 N–H and O–H groups in total. The Morgan fingerprint density at radius 3 is 2.28 bits per heavy atom. The maximum Gasteiger partial charge on any atom is 0.326 e. The second-order valence-corrected chi connectivity index (χ2v) is 4.16. The highest BCUT2D eigenvalue weighted by atomic mass is 16.5. The molecule has 7 nitrogen and oxygen atoms in total. The summed E-state index contributed by atoms with van der Waals surface area (Å²) in [6.07, 6.45) is -0.0836. The van der Waals surface area contributed by atoms with Crippen molar-refractivity contribution >= 4 is 17.8 Å². The molecule has 0 aromatic carbocycles. The van der Waals surface area contributed by atoms with E-state index in [4.69, 9.17) is 10.8 Å². The number of esters is 1. The number of hydrogen-bond donors (Lipinski definition) is 3. The van der Waals surface area contributed by atoms with Gasteiger partial charge in [-0.05, 0) is 13.3 Å². The number of rotatable bonds is 7. The smallest absolute Gasteiger partial charge is 0.326 e. The largest absolute Gasteiger partial charge is 0.480 e. The zero-order valence-corrected chi connectivity index (χ0v) is 10.8. The molecule has 0 rings (SSSR count). The van der Waals surface area contributed by atoms with Crippen molar-refractivity contribution in [2.45, 2.75) is 38.8 Å². The van der Waals surface area contributed by atoms with Crippen molar-refractivity contribution in [2.24, 2.45) is 11.7 Å². The highest BCUT2D eigenvalue weighted by Gasteiger charge is 2.25. The molecule has 0 radical (unpaired) electrons. The number of amides is 1. The molecule has 0 fully saturated rings. The third-order valence-corrected chi connectivity index (χ3v) is 2.68. The van der Waals surface area contributed by atoms with E-state index >= 15 is 0 Å². The van der Waals surface area contributed by atoms with Gasteiger partial charge >= 0.3 is 11.9 Å². The number of carboxylic acids is 1. The molecule has 0 bridgehead atoms. The molecule has 3 atom stereocenters. The number of carbonyl (C=O) groups excluding carboxylic acids is 2. The number of ether oxygens (including phenoxy) is 1. The quantitative estimate of drug-likeness (QED) is 0.530. The van der Waals surface area contributed by atoms with Crippen LogP contribution in [0.1, 0.15) is 26.7 Å². The summed E-state index contributed by atoms with van der Waals surface area (Å²) in [7, 11) is 1.22. The Morgan fingerprint density at radius 1 is 1.33 bits per heavy atom. The summed E-state index contributed by atoms with van der Waals surface area (Å²) >= 11 is 0. The molecule has 2 unspecified atom stereocenters. The molecule has 7 heteroatoms. The van der Waals surface area contributed by atoms with E-state index in [0.29, 0.717) is 0 Å². The van der Waals surface area contributed by atoms with E-state index in [-0.39, 0.29) is 18.9 Å². The lowest BCUT2D eigenvalue weighted by molar-refractivity contribution is -0.144. The zero-order chi connectivity index (χ0) is 14.3. The molecule has 0 aromatic rings. The van der Waals surface area contributed by atoms with Crippen LogP contribution >= 0.6 is 0 Å². The van der Waals surface area contributed by atoms with E-state index in [1.54, 1.807) is 13.8 Å². The van der Waals surface area contributed by atoms with Crippen LogP contribution in [-0.4, -0.2) is 42.1 Å². The van der Waals surface area contributed by atoms with Gasteiger partial charge in [-0.3, -0.25) is 9.59 Å². The normalized spacial score (nSPS) is 15.3. The molecule has 0 aliphatic carbocycles. The van der Waals surface area contributed by atoms with Crippen molar-refractivity contribution < 1.29 is 24.2 Å². The van der Waals surface area contributed by atoms with Crippen LogP contribution < -0.4 is 11.1 Å². The summed E-state index contributed by atoms with van der Waals surface area (Å²) in [4.78, 5) is 33.5. The Bertz CT molecular complexity index is 317. The number of methoxy groups -OCH3 is 1. The maximum atomic E-state index is 11.6. The maximum absolute atomic E-state index is 11.6. The first-order valence-electron chi connectivity index (χ1n) is 5.65. The molecule has 104 valence electrons. The van der Waals surface area contributed by atoms with Crippen LogP contribution in [0.3, 0.4) is 0 Å². The molecule has 0 saturated carbocycles. The van der Waals surface area contributed by atoms with Crippen LogP contribution in [0.2, 0.25) is 0 Å². The summed E-state index contributed by atoms with van der Waals surface area (Å²) in [5, 5.41) is 11.3. The molecule has 0 saturated heterocycles. The fraction of sp³-hybridized carbons (Fsp3) is 0.727. The van der Waals surface area contributed by atoms with Gasteiger partial charge in [-0.15, -0.1) is 0 Å². The first kappa shape index (κ1) is 16.4. The van der Waals surface area contributed by atoms with Gasteiger partial charge in [0.15, 0.2) is 0 Å². The minimum Gasteiger partial charge on any atom is -0.480 e. The van der Waals surface area contributed by atoms with Crippen molar-refractivity contribution in [1.82, 2.24) is 5.32 Å². The number of hydrogen-bond acceptors (Lipinski definition) is 5. The molecule has 0 aliphatic rings. The van der Waals surface area contributed by atoms with Crippen LogP contribution in [0, 0.1) is 5.92 Å². The average Bonchev–Trinajstić information content (AvgIpc) is 2.31. The molecule has 18 heavy (non-hydrogen) atoms. The van der Waals surface area contributed by atoms with Gasteiger partial charge < -0.3 is 20.9 Å². The molecular formula is C11H20N2O5. The monoisotopic (exact) mass is 260 g/mol. The SMILES string of the molecule is COC(=O)CC[C@@H](NC(=O)C(C)C(C)N)C(=O)O. The van der Waals surface area contributed by atoms with Crippen LogP contribution in [-0.2, 0) is 19.1 Å². The van der Waals surface area contributed by atoms with Gasteiger partial charge in [-0.2, -0.15) is 0 Å². The summed E-state index contributed by atoms with van der Waals surface area (Å²) in [6.45, 7) is 3.27. The summed E-state index contributed by atoms with van der Waals surface area (Å²) in [5.41, 5.74) is 5.55. The van der Waals surface area contributed by atoms with Crippen LogP contribution in [0.25, 0.3) is 0 Å². The zero-order valence-electron chi connectivity index (χ0n) is 10.8. The number of nitrogens with one attached hydrogen (secondary N) is 1. The number of carboxylic acid groups (broad SMARTS) is 1. The number of carbonyl (C=O) groups is 3. The van der Waals surface area contributed by atoms with E-state index in [1.807, 2.05) is 0 Å². The summed E-state index contributed by atoms with van der Waals surface area (Å²) < 4.78 is 4.41. The van der Waals surface area contributed by atoms with Gasteiger partial charge in [-0.1, -0.05) is 6.92 Å². The van der Waals surface area contributed by atoms with Gasteiger partial charge in [0.05, 0.1) is 7.11 Å². The lowest BCUT2D eigenvalue weighted by Crippen LogP contribution is -2.46.